The van der Waals surface area contributed by atoms with Crippen molar-refractivity contribution in [3.05, 3.63) is 57.3 Å². The molecule has 0 fully saturated rings. The normalized spacial score (nSPS) is 10.6. The molecule has 122 valence electrons. The minimum Gasteiger partial charge on any atom is -0.331 e. The first kappa shape index (κ1) is 17.7. The molecule has 0 aliphatic carbocycles. The van der Waals surface area contributed by atoms with Crippen molar-refractivity contribution in [3.8, 4) is 0 Å². The fourth-order valence-electron chi connectivity index (χ4n) is 1.58. The Morgan fingerprint density at radius 1 is 0.826 bits per heavy atom. The van der Waals surface area contributed by atoms with E-state index in [9.17, 15) is 22.0 Å². The number of halogens is 7. The van der Waals surface area contributed by atoms with Crippen molar-refractivity contribution in [2.75, 3.05) is 10.6 Å². The Balaban J connectivity index is 2.30. The van der Waals surface area contributed by atoms with Gasteiger partial charge in [-0.25, -0.2) is 22.0 Å². The highest BCUT2D eigenvalue weighted by Crippen LogP contribution is 2.30. The van der Waals surface area contributed by atoms with Crippen LogP contribution in [0.25, 0.3) is 0 Å². The van der Waals surface area contributed by atoms with Crippen LogP contribution in [0.15, 0.2) is 18.2 Å². The molecule has 0 aliphatic heterocycles. The number of hydrogen-bond donors (Lipinski definition) is 2. The van der Waals surface area contributed by atoms with Gasteiger partial charge in [0.1, 0.15) is 5.69 Å². The summed E-state index contributed by atoms with van der Waals surface area (Å²) in [6.45, 7) is 0. The molecule has 0 saturated heterocycles. The maximum Gasteiger partial charge on any atom is 0.200 e. The Morgan fingerprint density at radius 3 is 1.91 bits per heavy atom. The van der Waals surface area contributed by atoms with E-state index in [-0.39, 0.29) is 15.7 Å². The summed E-state index contributed by atoms with van der Waals surface area (Å²) in [6.07, 6.45) is 0. The number of anilines is 2. The summed E-state index contributed by atoms with van der Waals surface area (Å²) in [7, 11) is 0. The van der Waals surface area contributed by atoms with Crippen LogP contribution in [0.3, 0.4) is 0 Å². The van der Waals surface area contributed by atoms with E-state index in [1.165, 1.54) is 18.2 Å². The first-order valence-corrected chi connectivity index (χ1v) is 6.94. The average molecular weight is 387 g/mol. The lowest BCUT2D eigenvalue weighted by molar-refractivity contribution is 0.382. The summed E-state index contributed by atoms with van der Waals surface area (Å²) in [5.74, 6) is -10.5. The molecule has 0 heterocycles. The molecule has 0 aromatic heterocycles. The zero-order chi connectivity index (χ0) is 17.3. The van der Waals surface area contributed by atoms with Crippen LogP contribution in [0, 0.1) is 29.1 Å². The standard InChI is InChI=1S/C13H5Cl2F5N2S/c14-4-2-1-3-5(6(4)15)21-13(23)22-12-10(19)8(17)7(16)9(18)11(12)20/h1-3H,(H2,21,22,23). The molecule has 0 amide bonds. The van der Waals surface area contributed by atoms with Gasteiger partial charge in [-0.05, 0) is 24.4 Å². The highest BCUT2D eigenvalue weighted by Gasteiger charge is 2.26. The van der Waals surface area contributed by atoms with Crippen LogP contribution in [0.2, 0.25) is 10.0 Å². The van der Waals surface area contributed by atoms with Crippen LogP contribution in [0.5, 0.6) is 0 Å². The Hall–Kier alpha value is -1.64. The molecule has 0 saturated carbocycles. The van der Waals surface area contributed by atoms with E-state index >= 15 is 0 Å². The second kappa shape index (κ2) is 6.86. The highest BCUT2D eigenvalue weighted by molar-refractivity contribution is 7.80. The molecule has 2 nitrogen and oxygen atoms in total. The fourth-order valence-corrected chi connectivity index (χ4v) is 2.14. The number of hydrogen-bond acceptors (Lipinski definition) is 1. The maximum atomic E-state index is 13.5. The Kier molecular flexibility index (Phi) is 5.28. The first-order valence-electron chi connectivity index (χ1n) is 5.77. The zero-order valence-corrected chi connectivity index (χ0v) is 13.1. The van der Waals surface area contributed by atoms with Crippen molar-refractivity contribution in [2.24, 2.45) is 0 Å². The van der Waals surface area contributed by atoms with Crippen molar-refractivity contribution in [1.82, 2.24) is 0 Å². The third kappa shape index (κ3) is 3.49. The summed E-state index contributed by atoms with van der Waals surface area (Å²) in [5.41, 5.74) is -1.10. The first-order chi connectivity index (χ1) is 10.7. The SMILES string of the molecule is Fc1c(F)c(F)c(NC(=S)Nc2cccc(Cl)c2Cl)c(F)c1F. The van der Waals surface area contributed by atoms with Crippen LogP contribution >= 0.6 is 35.4 Å². The molecule has 2 aromatic carbocycles. The second-order valence-corrected chi connectivity index (χ2v) is 5.32. The van der Waals surface area contributed by atoms with E-state index < -0.39 is 39.9 Å². The Bertz CT molecular complexity index is 771. The van der Waals surface area contributed by atoms with Gasteiger partial charge in [0.15, 0.2) is 28.4 Å². The van der Waals surface area contributed by atoms with Gasteiger partial charge < -0.3 is 10.6 Å². The lowest BCUT2D eigenvalue weighted by Gasteiger charge is -2.14. The molecule has 0 aliphatic rings. The van der Waals surface area contributed by atoms with Crippen molar-refractivity contribution >= 4 is 51.9 Å². The Labute approximate surface area is 142 Å². The molecule has 0 atom stereocenters. The maximum absolute atomic E-state index is 13.5. The monoisotopic (exact) mass is 386 g/mol. The quantitative estimate of drug-likeness (QED) is 0.308. The van der Waals surface area contributed by atoms with Crippen LogP contribution in [0.4, 0.5) is 33.3 Å². The van der Waals surface area contributed by atoms with Crippen molar-refractivity contribution in [2.45, 2.75) is 0 Å². The third-order valence-electron chi connectivity index (χ3n) is 2.65. The van der Waals surface area contributed by atoms with Gasteiger partial charge in [0.05, 0.1) is 15.7 Å². The summed E-state index contributed by atoms with van der Waals surface area (Å²) in [4.78, 5) is 0. The molecule has 2 N–H and O–H groups in total. The predicted molar refractivity (Wildman–Crippen MR) is 82.5 cm³/mol. The van der Waals surface area contributed by atoms with Crippen LogP contribution in [-0.2, 0) is 0 Å². The smallest absolute Gasteiger partial charge is 0.200 e. The molecule has 23 heavy (non-hydrogen) atoms. The zero-order valence-electron chi connectivity index (χ0n) is 10.8. The molecule has 10 heteroatoms. The third-order valence-corrected chi connectivity index (χ3v) is 3.67. The van der Waals surface area contributed by atoms with Gasteiger partial charge in [0.25, 0.3) is 0 Å². The average Bonchev–Trinajstić information content (AvgIpc) is 2.52. The minimum absolute atomic E-state index is 0.0655. The largest absolute Gasteiger partial charge is 0.331 e. The molecule has 2 rings (SSSR count). The van der Waals surface area contributed by atoms with Gasteiger partial charge in [-0.2, -0.15) is 0 Å². The second-order valence-electron chi connectivity index (χ2n) is 4.13. The van der Waals surface area contributed by atoms with E-state index in [1.807, 2.05) is 5.32 Å². The van der Waals surface area contributed by atoms with Gasteiger partial charge in [-0.3, -0.25) is 0 Å². The number of rotatable bonds is 2. The molecular formula is C13H5Cl2F5N2S. The highest BCUT2D eigenvalue weighted by atomic mass is 35.5. The van der Waals surface area contributed by atoms with E-state index in [1.54, 1.807) is 0 Å². The van der Waals surface area contributed by atoms with E-state index in [2.05, 4.69) is 5.32 Å². The van der Waals surface area contributed by atoms with E-state index in [0.717, 1.165) is 0 Å². The van der Waals surface area contributed by atoms with Gasteiger partial charge in [0.2, 0.25) is 5.82 Å². The molecule has 0 radical (unpaired) electrons. The number of nitrogens with one attached hydrogen (secondary N) is 2. The van der Waals surface area contributed by atoms with Crippen molar-refractivity contribution in [3.63, 3.8) is 0 Å². The van der Waals surface area contributed by atoms with Crippen LogP contribution in [0.1, 0.15) is 0 Å². The lowest BCUT2D eigenvalue weighted by Crippen LogP contribution is -2.22. The van der Waals surface area contributed by atoms with Gasteiger partial charge in [0, 0.05) is 0 Å². The summed E-state index contributed by atoms with van der Waals surface area (Å²) in [5, 5.41) is 4.14. The van der Waals surface area contributed by atoms with Gasteiger partial charge in [-0.15, -0.1) is 0 Å². The summed E-state index contributed by atoms with van der Waals surface area (Å²) < 4.78 is 66.2. The minimum atomic E-state index is -2.26. The van der Waals surface area contributed by atoms with Gasteiger partial charge >= 0.3 is 0 Å². The summed E-state index contributed by atoms with van der Waals surface area (Å²) in [6, 6.07) is 4.44. The summed E-state index contributed by atoms with van der Waals surface area (Å²) >= 11 is 16.4. The molecule has 2 aromatic rings. The number of thiocarbonyl (C=S) groups is 1. The fraction of sp³-hybridized carbons (Fsp3) is 0. The molecule has 0 bridgehead atoms. The van der Waals surface area contributed by atoms with Crippen molar-refractivity contribution in [1.29, 1.82) is 0 Å². The molecular weight excluding hydrogens is 382 g/mol. The topological polar surface area (TPSA) is 24.1 Å². The molecule has 0 unspecified atom stereocenters. The molecule has 0 spiro atoms. The number of benzene rings is 2. The van der Waals surface area contributed by atoms with Gasteiger partial charge in [-0.1, -0.05) is 29.3 Å². The van der Waals surface area contributed by atoms with E-state index in [4.69, 9.17) is 35.4 Å². The predicted octanol–water partition coefficient (Wildman–Crippen LogP) is 5.50. The van der Waals surface area contributed by atoms with Crippen LogP contribution in [-0.4, -0.2) is 5.11 Å². The Morgan fingerprint density at radius 2 is 1.35 bits per heavy atom. The van der Waals surface area contributed by atoms with Crippen molar-refractivity contribution < 1.29 is 22.0 Å². The van der Waals surface area contributed by atoms with Crippen LogP contribution < -0.4 is 10.6 Å². The van der Waals surface area contributed by atoms with E-state index in [0.29, 0.717) is 0 Å². The lowest BCUT2D eigenvalue weighted by atomic mass is 10.2.